The fourth-order valence-electron chi connectivity index (χ4n) is 2.79. The largest absolute Gasteiger partial charge is 0.462 e. The van der Waals surface area contributed by atoms with E-state index in [1.165, 1.54) is 22.7 Å². The number of thiophene rings is 2. The summed E-state index contributed by atoms with van der Waals surface area (Å²) in [4.78, 5) is 54.4. The minimum absolute atomic E-state index is 0.214. The molecule has 8 nitrogen and oxygen atoms in total. The summed E-state index contributed by atoms with van der Waals surface area (Å²) in [6.45, 7) is 6.89. The number of rotatable bonds is 5. The quantitative estimate of drug-likeness (QED) is 0.615. The van der Waals surface area contributed by atoms with Crippen LogP contribution in [0, 0.1) is 20.8 Å². The van der Waals surface area contributed by atoms with E-state index in [-0.39, 0.29) is 6.61 Å². The van der Waals surface area contributed by atoms with Gasteiger partial charge in [0.05, 0.1) is 17.6 Å². The van der Waals surface area contributed by atoms with Crippen molar-refractivity contribution in [1.82, 2.24) is 9.55 Å². The summed E-state index contributed by atoms with van der Waals surface area (Å²) in [5.41, 5.74) is -0.159. The Morgan fingerprint density at radius 2 is 1.93 bits per heavy atom. The van der Waals surface area contributed by atoms with Crippen molar-refractivity contribution in [1.29, 1.82) is 0 Å². The van der Waals surface area contributed by atoms with Gasteiger partial charge < -0.3 is 10.1 Å². The summed E-state index contributed by atoms with van der Waals surface area (Å²) in [6.07, 6.45) is 0. The number of nitrogens with zero attached hydrogens (tertiary/aromatic N) is 1. The molecule has 3 rings (SSSR count). The number of nitrogens with one attached hydrogen (secondary N) is 2. The third kappa shape index (κ3) is 3.65. The van der Waals surface area contributed by atoms with Gasteiger partial charge in [-0.2, -0.15) is 0 Å². The second-order valence-corrected chi connectivity index (χ2v) is 8.66. The fraction of sp³-hybridized carbons (Fsp3) is 0.333. The molecular formula is C18H19N3O5S2. The average Bonchev–Trinajstić information content (AvgIpc) is 3.11. The van der Waals surface area contributed by atoms with E-state index in [0.29, 0.717) is 20.8 Å². The van der Waals surface area contributed by atoms with Crippen molar-refractivity contribution in [3.05, 3.63) is 47.8 Å². The number of aromatic nitrogens is 2. The van der Waals surface area contributed by atoms with Crippen LogP contribution in [0.2, 0.25) is 0 Å². The number of hydrogen-bond acceptors (Lipinski definition) is 7. The normalized spacial score (nSPS) is 11.0. The molecule has 0 aliphatic carbocycles. The van der Waals surface area contributed by atoms with E-state index >= 15 is 0 Å². The summed E-state index contributed by atoms with van der Waals surface area (Å²) in [6, 6.07) is 1.68. The zero-order valence-electron chi connectivity index (χ0n) is 15.8. The molecular weight excluding hydrogens is 402 g/mol. The van der Waals surface area contributed by atoms with Crippen LogP contribution in [0.25, 0.3) is 10.2 Å². The van der Waals surface area contributed by atoms with Crippen LogP contribution in [-0.2, 0) is 16.1 Å². The number of carbonyl (C=O) groups excluding carboxylic acids is 2. The molecule has 0 radical (unpaired) electrons. The Morgan fingerprint density at radius 3 is 2.61 bits per heavy atom. The van der Waals surface area contributed by atoms with E-state index < -0.39 is 29.7 Å². The van der Waals surface area contributed by atoms with Crippen LogP contribution in [0.15, 0.2) is 15.7 Å². The Morgan fingerprint density at radius 1 is 1.21 bits per heavy atom. The van der Waals surface area contributed by atoms with Crippen LogP contribution in [0.4, 0.5) is 5.00 Å². The van der Waals surface area contributed by atoms with Crippen molar-refractivity contribution in [3.63, 3.8) is 0 Å². The smallest absolute Gasteiger partial charge is 0.341 e. The van der Waals surface area contributed by atoms with E-state index in [1.54, 1.807) is 19.9 Å². The van der Waals surface area contributed by atoms with Crippen LogP contribution < -0.4 is 16.6 Å². The highest BCUT2D eigenvalue weighted by Gasteiger charge is 2.22. The summed E-state index contributed by atoms with van der Waals surface area (Å²) in [5, 5.41) is 3.35. The van der Waals surface area contributed by atoms with Gasteiger partial charge in [-0.1, -0.05) is 0 Å². The van der Waals surface area contributed by atoms with E-state index in [0.717, 1.165) is 19.9 Å². The number of anilines is 1. The lowest BCUT2D eigenvalue weighted by molar-refractivity contribution is -0.116. The lowest BCUT2D eigenvalue weighted by atomic mass is 10.1. The standard InChI is InChI=1S/C18H19N3O5S2/c1-5-26-17(24)13-9(3)10(4)28-15(13)19-12(22)7-21-16(23)11-6-8(2)27-14(11)20-18(21)25/h6H,5,7H2,1-4H3,(H,19,22)(H,20,25). The molecule has 0 aliphatic rings. The molecule has 28 heavy (non-hydrogen) atoms. The zero-order chi connectivity index (χ0) is 20.6. The number of fused-ring (bicyclic) bond motifs is 1. The lowest BCUT2D eigenvalue weighted by Crippen LogP contribution is -2.38. The van der Waals surface area contributed by atoms with Crippen molar-refractivity contribution < 1.29 is 14.3 Å². The van der Waals surface area contributed by atoms with E-state index in [2.05, 4.69) is 10.3 Å². The van der Waals surface area contributed by atoms with Crippen molar-refractivity contribution in [3.8, 4) is 0 Å². The Bertz CT molecular complexity index is 1200. The summed E-state index contributed by atoms with van der Waals surface area (Å²) < 4.78 is 5.91. The molecule has 0 spiro atoms. The van der Waals surface area contributed by atoms with Crippen LogP contribution in [0.1, 0.15) is 32.6 Å². The number of carbonyl (C=O) groups is 2. The molecule has 0 aliphatic heterocycles. The molecule has 0 fully saturated rings. The first-order chi connectivity index (χ1) is 13.2. The van der Waals surface area contributed by atoms with Gasteiger partial charge in [-0.05, 0) is 39.3 Å². The van der Waals surface area contributed by atoms with Gasteiger partial charge in [0.15, 0.2) is 0 Å². The maximum absolute atomic E-state index is 12.6. The molecule has 0 unspecified atom stereocenters. The SMILES string of the molecule is CCOC(=O)c1c(NC(=O)Cn2c(=O)[nH]c3sc(C)cc3c2=O)sc(C)c1C. The molecule has 0 saturated heterocycles. The molecule has 10 heteroatoms. The molecule has 3 aromatic rings. The predicted molar refractivity (Wildman–Crippen MR) is 110 cm³/mol. The maximum atomic E-state index is 12.6. The average molecular weight is 422 g/mol. The number of aryl methyl sites for hydroxylation is 2. The van der Waals surface area contributed by atoms with Crippen LogP contribution in [0.3, 0.4) is 0 Å². The number of H-pyrrole nitrogens is 1. The van der Waals surface area contributed by atoms with Gasteiger partial charge in [0.2, 0.25) is 5.91 Å². The first kappa shape index (κ1) is 20.0. The van der Waals surface area contributed by atoms with Crippen LogP contribution >= 0.6 is 22.7 Å². The van der Waals surface area contributed by atoms with Crippen molar-refractivity contribution in [2.75, 3.05) is 11.9 Å². The molecule has 0 aromatic carbocycles. The summed E-state index contributed by atoms with van der Waals surface area (Å²) in [7, 11) is 0. The third-order valence-corrected chi connectivity index (χ3v) is 6.30. The Hall–Kier alpha value is -2.72. The number of amides is 1. The zero-order valence-corrected chi connectivity index (χ0v) is 17.4. The van der Waals surface area contributed by atoms with Gasteiger partial charge in [0.25, 0.3) is 5.56 Å². The highest BCUT2D eigenvalue weighted by atomic mass is 32.1. The molecule has 1 amide bonds. The maximum Gasteiger partial charge on any atom is 0.341 e. The minimum atomic E-state index is -0.654. The first-order valence-corrected chi connectivity index (χ1v) is 10.2. The number of aromatic amines is 1. The van der Waals surface area contributed by atoms with Gasteiger partial charge in [0, 0.05) is 9.75 Å². The number of esters is 1. The van der Waals surface area contributed by atoms with Crippen molar-refractivity contribution in [2.45, 2.75) is 34.2 Å². The van der Waals surface area contributed by atoms with Crippen LogP contribution in [0.5, 0.6) is 0 Å². The summed E-state index contributed by atoms with van der Waals surface area (Å²) >= 11 is 2.55. The van der Waals surface area contributed by atoms with Crippen molar-refractivity contribution >= 4 is 49.8 Å². The molecule has 0 atom stereocenters. The predicted octanol–water partition coefficient (Wildman–Crippen LogP) is 2.55. The van der Waals surface area contributed by atoms with Gasteiger partial charge in [0.1, 0.15) is 16.4 Å². The fourth-order valence-corrected chi connectivity index (χ4v) is 4.74. The van der Waals surface area contributed by atoms with Crippen LogP contribution in [-0.4, -0.2) is 28.0 Å². The second kappa shape index (κ2) is 7.72. The molecule has 0 saturated carbocycles. The molecule has 0 bridgehead atoms. The highest BCUT2D eigenvalue weighted by Crippen LogP contribution is 2.33. The first-order valence-electron chi connectivity index (χ1n) is 8.53. The Labute approximate surface area is 167 Å². The molecule has 2 N–H and O–H groups in total. The Balaban J connectivity index is 1.91. The van der Waals surface area contributed by atoms with Gasteiger partial charge in [-0.3, -0.25) is 19.1 Å². The van der Waals surface area contributed by atoms with Crippen molar-refractivity contribution in [2.24, 2.45) is 0 Å². The lowest BCUT2D eigenvalue weighted by Gasteiger charge is -2.08. The second-order valence-electron chi connectivity index (χ2n) is 6.18. The van der Waals surface area contributed by atoms with Gasteiger partial charge >= 0.3 is 11.7 Å². The highest BCUT2D eigenvalue weighted by molar-refractivity contribution is 7.18. The van der Waals surface area contributed by atoms with E-state index in [9.17, 15) is 19.2 Å². The van der Waals surface area contributed by atoms with Gasteiger partial charge in [-0.15, -0.1) is 22.7 Å². The molecule has 3 aromatic heterocycles. The van der Waals surface area contributed by atoms with E-state index in [4.69, 9.17) is 4.74 Å². The topological polar surface area (TPSA) is 110 Å². The van der Waals surface area contributed by atoms with Gasteiger partial charge in [-0.25, -0.2) is 9.59 Å². The molecule has 148 valence electrons. The van der Waals surface area contributed by atoms with E-state index in [1.807, 2.05) is 13.8 Å². The summed E-state index contributed by atoms with van der Waals surface area (Å²) in [5.74, 6) is -1.10. The number of ether oxygens (including phenoxy) is 1. The minimum Gasteiger partial charge on any atom is -0.462 e. The monoisotopic (exact) mass is 421 g/mol. The number of hydrogen-bond donors (Lipinski definition) is 2. The molecule has 3 heterocycles. The Kier molecular flexibility index (Phi) is 5.52. The third-order valence-electron chi connectivity index (χ3n) is 4.22.